The first-order chi connectivity index (χ1) is 24.4. The number of carbonyl (C=O) groups is 4. The molecule has 1 aromatic heterocycles. The molecule has 12 nitrogen and oxygen atoms in total. The summed E-state index contributed by atoms with van der Waals surface area (Å²) in [6, 6.07) is 18.4. The van der Waals surface area contributed by atoms with Crippen LogP contribution in [0, 0.1) is 0 Å². The fourth-order valence-electron chi connectivity index (χ4n) is 6.50. The van der Waals surface area contributed by atoms with Gasteiger partial charge in [0, 0.05) is 36.8 Å². The third kappa shape index (κ3) is 11.1. The van der Waals surface area contributed by atoms with Gasteiger partial charge in [-0.25, -0.2) is 0 Å². The molecule has 4 atom stereocenters. The smallest absolute Gasteiger partial charge is 0.335 e. The summed E-state index contributed by atoms with van der Waals surface area (Å²) < 4.78 is 12.7. The number of rotatable bonds is 16. The molecule has 0 unspecified atom stereocenters. The third-order valence-corrected chi connectivity index (χ3v) is 12.6. The number of thioether (sulfide) groups is 1. The molecule has 4 amide bonds. The highest BCUT2D eigenvalue weighted by molar-refractivity contribution is 8.04. The number of thiophene rings is 1. The Bertz CT molecular complexity index is 1920. The molecule has 1 aliphatic heterocycles. The van der Waals surface area contributed by atoms with E-state index in [0.717, 1.165) is 56.6 Å². The standard InChI is InChI=1S/C36H44N5O7PS2/c1-23(42)38-31(18-27-20-51-33-12-5-4-10-29(27)33)35(44)39-28(21-50-22-49(46,47)48)19-41-15-7-6-11-32(41)36(45)40-30(34(37)43)17-24-13-14-25-8-2-3-9-26(25)16-24/h2-5,8-10,12-14,16,20,28,30-32H,6-7,11,15,17-19,21-22H2,1H3,(H2,37,43)(H,38,42)(H,39,44)(H,40,45)(H2,46,47,48)/t28-,30+,31+,32+/m1/s1. The highest BCUT2D eigenvalue weighted by Gasteiger charge is 2.34. The van der Waals surface area contributed by atoms with E-state index < -0.39 is 49.1 Å². The Labute approximate surface area is 305 Å². The Kier molecular flexibility index (Phi) is 13.3. The largest absolute Gasteiger partial charge is 0.368 e. The first kappa shape index (κ1) is 38.5. The number of hydrogen-bond acceptors (Lipinski definition) is 8. The van der Waals surface area contributed by atoms with E-state index in [1.165, 1.54) is 6.92 Å². The molecule has 3 aromatic carbocycles. The Morgan fingerprint density at radius 1 is 0.961 bits per heavy atom. The predicted molar refractivity (Wildman–Crippen MR) is 202 cm³/mol. The summed E-state index contributed by atoms with van der Waals surface area (Å²) in [7, 11) is -4.32. The molecule has 0 aliphatic carbocycles. The minimum atomic E-state index is -4.32. The maximum atomic E-state index is 13.8. The lowest BCUT2D eigenvalue weighted by atomic mass is 9.98. The van der Waals surface area contributed by atoms with Gasteiger partial charge in [0.2, 0.25) is 23.6 Å². The minimum Gasteiger partial charge on any atom is -0.368 e. The lowest BCUT2D eigenvalue weighted by Gasteiger charge is -2.38. The molecule has 1 fully saturated rings. The van der Waals surface area contributed by atoms with E-state index in [4.69, 9.17) is 5.73 Å². The molecule has 0 spiro atoms. The fraction of sp³-hybridized carbons (Fsp3) is 0.389. The van der Waals surface area contributed by atoms with Crippen molar-refractivity contribution >= 4 is 75.2 Å². The van der Waals surface area contributed by atoms with Gasteiger partial charge < -0.3 is 31.5 Å². The number of benzene rings is 3. The average Bonchev–Trinajstić information content (AvgIpc) is 3.49. The van der Waals surface area contributed by atoms with Crippen LogP contribution in [-0.2, 0) is 36.6 Å². The second-order valence-electron chi connectivity index (χ2n) is 12.9. The molecule has 2 heterocycles. The van der Waals surface area contributed by atoms with Crippen LogP contribution in [0.15, 0.2) is 72.1 Å². The highest BCUT2D eigenvalue weighted by Crippen LogP contribution is 2.38. The van der Waals surface area contributed by atoms with Crippen molar-refractivity contribution < 1.29 is 33.5 Å². The Balaban J connectivity index is 1.30. The number of amides is 4. The predicted octanol–water partition coefficient (Wildman–Crippen LogP) is 3.52. The van der Waals surface area contributed by atoms with Crippen molar-refractivity contribution in [2.75, 3.05) is 24.3 Å². The zero-order chi connectivity index (χ0) is 36.5. The van der Waals surface area contributed by atoms with Crippen molar-refractivity contribution in [2.24, 2.45) is 5.73 Å². The van der Waals surface area contributed by atoms with Gasteiger partial charge >= 0.3 is 7.60 Å². The van der Waals surface area contributed by atoms with Crippen molar-refractivity contribution in [1.29, 1.82) is 0 Å². The summed E-state index contributed by atoms with van der Waals surface area (Å²) >= 11 is 2.56. The molecule has 1 saturated heterocycles. The van der Waals surface area contributed by atoms with Gasteiger partial charge in [-0.1, -0.05) is 67.1 Å². The fourth-order valence-corrected chi connectivity index (χ4v) is 9.32. The van der Waals surface area contributed by atoms with E-state index >= 15 is 0 Å². The summed E-state index contributed by atoms with van der Waals surface area (Å²) in [5.74, 6) is -1.66. The third-order valence-electron chi connectivity index (χ3n) is 8.89. The highest BCUT2D eigenvalue weighted by atomic mass is 32.2. The number of hydrogen-bond donors (Lipinski definition) is 6. The zero-order valence-corrected chi connectivity index (χ0v) is 30.9. The van der Waals surface area contributed by atoms with Crippen LogP contribution in [0.5, 0.6) is 0 Å². The molecular formula is C36H44N5O7PS2. The van der Waals surface area contributed by atoms with Crippen LogP contribution >= 0.6 is 30.7 Å². The van der Waals surface area contributed by atoms with Crippen molar-refractivity contribution in [3.8, 4) is 0 Å². The van der Waals surface area contributed by atoms with Gasteiger partial charge in [0.05, 0.1) is 17.6 Å². The van der Waals surface area contributed by atoms with Crippen LogP contribution in [0.25, 0.3) is 20.9 Å². The van der Waals surface area contributed by atoms with Gasteiger partial charge in [-0.05, 0) is 58.1 Å². The second kappa shape index (κ2) is 17.6. The number of likely N-dealkylation sites (tertiary alicyclic amines) is 1. The normalized spacial score (nSPS) is 17.0. The molecule has 7 N–H and O–H groups in total. The molecule has 15 heteroatoms. The lowest BCUT2D eigenvalue weighted by molar-refractivity contribution is -0.132. The molecule has 272 valence electrons. The van der Waals surface area contributed by atoms with E-state index in [1.807, 2.05) is 77.0 Å². The van der Waals surface area contributed by atoms with E-state index in [2.05, 4.69) is 16.0 Å². The Morgan fingerprint density at radius 3 is 2.45 bits per heavy atom. The van der Waals surface area contributed by atoms with E-state index in [1.54, 1.807) is 11.3 Å². The Hall–Kier alpha value is -3.78. The summed E-state index contributed by atoms with van der Waals surface area (Å²) in [5.41, 5.74) is 7.10. The van der Waals surface area contributed by atoms with E-state index in [0.29, 0.717) is 13.0 Å². The molecule has 4 aromatic rings. The maximum Gasteiger partial charge on any atom is 0.335 e. The first-order valence-corrected chi connectivity index (χ1v) is 20.7. The summed E-state index contributed by atoms with van der Waals surface area (Å²) in [4.78, 5) is 73.3. The van der Waals surface area contributed by atoms with Crippen LogP contribution < -0.4 is 21.7 Å². The van der Waals surface area contributed by atoms with Gasteiger partial charge in [-0.15, -0.1) is 23.1 Å². The minimum absolute atomic E-state index is 0.155. The van der Waals surface area contributed by atoms with E-state index in [9.17, 15) is 33.5 Å². The molecule has 0 saturated carbocycles. The topological polar surface area (TPSA) is 191 Å². The summed E-state index contributed by atoms with van der Waals surface area (Å²) in [6.07, 6.45) is 2.57. The van der Waals surface area contributed by atoms with Crippen LogP contribution in [0.2, 0.25) is 0 Å². The molecule has 0 bridgehead atoms. The lowest BCUT2D eigenvalue weighted by Crippen LogP contribution is -2.58. The van der Waals surface area contributed by atoms with Gasteiger partial charge in [-0.2, -0.15) is 0 Å². The van der Waals surface area contributed by atoms with Gasteiger partial charge in [-0.3, -0.25) is 28.6 Å². The van der Waals surface area contributed by atoms with Gasteiger partial charge in [0.15, 0.2) is 0 Å². The van der Waals surface area contributed by atoms with Gasteiger partial charge in [0.25, 0.3) is 0 Å². The van der Waals surface area contributed by atoms with Crippen molar-refractivity contribution in [2.45, 2.75) is 63.2 Å². The molecule has 51 heavy (non-hydrogen) atoms. The zero-order valence-electron chi connectivity index (χ0n) is 28.3. The van der Waals surface area contributed by atoms with Crippen LogP contribution in [0.4, 0.5) is 0 Å². The molecule has 0 radical (unpaired) electrons. The molecule has 5 rings (SSSR count). The Morgan fingerprint density at radius 2 is 1.71 bits per heavy atom. The second-order valence-corrected chi connectivity index (χ2v) is 17.0. The number of primary amides is 1. The van der Waals surface area contributed by atoms with Crippen molar-refractivity contribution in [1.82, 2.24) is 20.9 Å². The molecule has 1 aliphatic rings. The number of nitrogens with zero attached hydrogens (tertiary/aromatic N) is 1. The number of nitrogens with one attached hydrogen (secondary N) is 3. The monoisotopic (exact) mass is 753 g/mol. The average molecular weight is 754 g/mol. The van der Waals surface area contributed by atoms with Gasteiger partial charge in [0.1, 0.15) is 12.1 Å². The van der Waals surface area contributed by atoms with Crippen molar-refractivity contribution in [3.63, 3.8) is 0 Å². The summed E-state index contributed by atoms with van der Waals surface area (Å²) in [5, 5.41) is 13.7. The van der Waals surface area contributed by atoms with E-state index in [-0.39, 0.29) is 37.0 Å². The van der Waals surface area contributed by atoms with Crippen molar-refractivity contribution in [3.05, 3.63) is 83.2 Å². The maximum absolute atomic E-state index is 13.8. The SMILES string of the molecule is CC(=O)N[C@@H](Cc1csc2ccccc12)C(=O)N[C@@H](CSCP(=O)(O)O)CN1CCCC[C@H]1C(=O)N[C@@H](Cc1ccc2ccccc2c1)C(N)=O. The van der Waals surface area contributed by atoms with Crippen LogP contribution in [0.3, 0.4) is 0 Å². The number of fused-ring (bicyclic) bond motifs is 2. The number of nitrogens with two attached hydrogens (primary N) is 1. The quantitative estimate of drug-likeness (QED) is 0.0930. The van der Waals surface area contributed by atoms with Crippen LogP contribution in [0.1, 0.15) is 37.3 Å². The first-order valence-electron chi connectivity index (χ1n) is 16.8. The van der Waals surface area contributed by atoms with Crippen LogP contribution in [-0.4, -0.2) is 86.8 Å². The summed E-state index contributed by atoms with van der Waals surface area (Å²) in [6.45, 7) is 2.09. The number of carbonyl (C=O) groups excluding carboxylic acids is 4. The number of piperidine rings is 1. The molecular weight excluding hydrogens is 710 g/mol.